The fourth-order valence-electron chi connectivity index (χ4n) is 3.07. The van der Waals surface area contributed by atoms with Crippen LogP contribution in [0.15, 0.2) is 18.2 Å². The summed E-state index contributed by atoms with van der Waals surface area (Å²) in [6, 6.07) is 5.46. The molecule has 2 rings (SSSR count). The van der Waals surface area contributed by atoms with Crippen molar-refractivity contribution < 1.29 is 19.1 Å². The number of hydrogen-bond acceptors (Lipinski definition) is 4. The fourth-order valence-corrected chi connectivity index (χ4v) is 3.07. The van der Waals surface area contributed by atoms with Crippen LogP contribution in [0.3, 0.4) is 0 Å². The summed E-state index contributed by atoms with van der Waals surface area (Å²) < 4.78 is 10.5. The number of hydrogen-bond donors (Lipinski definition) is 1. The van der Waals surface area contributed by atoms with Crippen molar-refractivity contribution in [2.45, 2.75) is 38.1 Å². The molecule has 0 heterocycles. The number of rotatable bonds is 7. The molecule has 0 bridgehead atoms. The van der Waals surface area contributed by atoms with Gasteiger partial charge in [-0.3, -0.25) is 9.59 Å². The number of methoxy groups -OCH3 is 2. The van der Waals surface area contributed by atoms with E-state index in [9.17, 15) is 9.59 Å². The van der Waals surface area contributed by atoms with Crippen LogP contribution in [0.5, 0.6) is 11.5 Å². The van der Waals surface area contributed by atoms with Gasteiger partial charge in [0, 0.05) is 17.7 Å². The number of nitrogens with zero attached hydrogens (tertiary/aromatic N) is 1. The van der Waals surface area contributed by atoms with Crippen molar-refractivity contribution in [3.05, 3.63) is 23.8 Å². The van der Waals surface area contributed by atoms with Gasteiger partial charge in [0.2, 0.25) is 11.8 Å². The van der Waals surface area contributed by atoms with Gasteiger partial charge in [0.25, 0.3) is 0 Å². The topological polar surface area (TPSA) is 81.9 Å². The first-order chi connectivity index (χ1) is 11.0. The van der Waals surface area contributed by atoms with Gasteiger partial charge in [-0.15, -0.1) is 0 Å². The van der Waals surface area contributed by atoms with E-state index in [1.165, 1.54) is 0 Å². The van der Waals surface area contributed by atoms with Gasteiger partial charge < -0.3 is 20.1 Å². The normalized spacial score (nSPS) is 14.5. The zero-order valence-electron chi connectivity index (χ0n) is 13.7. The second kappa shape index (κ2) is 7.85. The lowest BCUT2D eigenvalue weighted by Crippen LogP contribution is -2.44. The summed E-state index contributed by atoms with van der Waals surface area (Å²) in [7, 11) is 3.13. The van der Waals surface area contributed by atoms with Gasteiger partial charge in [0.15, 0.2) is 0 Å². The van der Waals surface area contributed by atoms with E-state index in [1.807, 2.05) is 6.07 Å². The molecular weight excluding hydrogens is 296 g/mol. The standard InChI is InChI=1S/C17H24N2O4/c1-22-14-8-7-12(15(10-14)23-2)9-17(21)19(11-16(18)20)13-5-3-4-6-13/h7-8,10,13H,3-6,9,11H2,1-2H3,(H2,18,20). The van der Waals surface area contributed by atoms with Gasteiger partial charge in [-0.2, -0.15) is 0 Å². The molecule has 2 N–H and O–H groups in total. The number of carbonyl (C=O) groups excluding carboxylic acids is 2. The predicted octanol–water partition coefficient (Wildman–Crippen LogP) is 1.50. The lowest BCUT2D eigenvalue weighted by Gasteiger charge is -2.28. The smallest absolute Gasteiger partial charge is 0.237 e. The van der Waals surface area contributed by atoms with Crippen LogP contribution in [0.25, 0.3) is 0 Å². The molecule has 0 aliphatic heterocycles. The highest BCUT2D eigenvalue weighted by Gasteiger charge is 2.28. The minimum atomic E-state index is -0.480. The highest BCUT2D eigenvalue weighted by Crippen LogP contribution is 2.27. The van der Waals surface area contributed by atoms with Crippen LogP contribution in [-0.4, -0.2) is 43.5 Å². The monoisotopic (exact) mass is 320 g/mol. The third-order valence-corrected chi connectivity index (χ3v) is 4.25. The van der Waals surface area contributed by atoms with E-state index in [2.05, 4.69) is 0 Å². The van der Waals surface area contributed by atoms with E-state index < -0.39 is 5.91 Å². The molecule has 1 aliphatic carbocycles. The Balaban J connectivity index is 2.15. The summed E-state index contributed by atoms with van der Waals surface area (Å²) in [5.74, 6) is 0.692. The number of nitrogens with two attached hydrogens (primary N) is 1. The van der Waals surface area contributed by atoms with Crippen LogP contribution in [0, 0.1) is 0 Å². The van der Waals surface area contributed by atoms with Crippen LogP contribution in [0.1, 0.15) is 31.2 Å². The SMILES string of the molecule is COc1ccc(CC(=O)N(CC(N)=O)C2CCCC2)c(OC)c1. The first kappa shape index (κ1) is 17.1. The Labute approximate surface area is 136 Å². The second-order valence-electron chi connectivity index (χ2n) is 5.78. The Morgan fingerprint density at radius 3 is 2.48 bits per heavy atom. The molecule has 1 fully saturated rings. The largest absolute Gasteiger partial charge is 0.497 e. The Bertz CT molecular complexity index is 568. The average molecular weight is 320 g/mol. The molecule has 6 heteroatoms. The molecule has 1 aromatic carbocycles. The van der Waals surface area contributed by atoms with Gasteiger partial charge in [-0.1, -0.05) is 18.9 Å². The summed E-state index contributed by atoms with van der Waals surface area (Å²) in [6.07, 6.45) is 4.20. The summed E-state index contributed by atoms with van der Waals surface area (Å²) >= 11 is 0. The highest BCUT2D eigenvalue weighted by atomic mass is 16.5. The third-order valence-electron chi connectivity index (χ3n) is 4.25. The Hall–Kier alpha value is -2.24. The van der Waals surface area contributed by atoms with E-state index >= 15 is 0 Å². The number of benzene rings is 1. The summed E-state index contributed by atoms with van der Waals surface area (Å²) in [5, 5.41) is 0. The first-order valence-electron chi connectivity index (χ1n) is 7.83. The summed E-state index contributed by atoms with van der Waals surface area (Å²) in [6.45, 7) is -0.0258. The first-order valence-corrected chi connectivity index (χ1v) is 7.83. The molecule has 23 heavy (non-hydrogen) atoms. The van der Waals surface area contributed by atoms with Gasteiger partial charge in [-0.25, -0.2) is 0 Å². The second-order valence-corrected chi connectivity index (χ2v) is 5.78. The molecule has 0 spiro atoms. The van der Waals surface area contributed by atoms with Gasteiger partial charge in [-0.05, 0) is 18.9 Å². The molecule has 0 aromatic heterocycles. The van der Waals surface area contributed by atoms with E-state index in [4.69, 9.17) is 15.2 Å². The molecule has 2 amide bonds. The van der Waals surface area contributed by atoms with Crippen LogP contribution >= 0.6 is 0 Å². The van der Waals surface area contributed by atoms with Crippen molar-refractivity contribution in [1.82, 2.24) is 4.90 Å². The Kier molecular flexibility index (Phi) is 5.84. The average Bonchev–Trinajstić information content (AvgIpc) is 3.06. The maximum Gasteiger partial charge on any atom is 0.237 e. The van der Waals surface area contributed by atoms with Gasteiger partial charge >= 0.3 is 0 Å². The highest BCUT2D eigenvalue weighted by molar-refractivity contribution is 5.85. The fraction of sp³-hybridized carbons (Fsp3) is 0.529. The summed E-state index contributed by atoms with van der Waals surface area (Å²) in [5.41, 5.74) is 6.08. The molecule has 1 saturated carbocycles. The Morgan fingerprint density at radius 1 is 1.22 bits per heavy atom. The maximum atomic E-state index is 12.7. The van der Waals surface area contributed by atoms with Crippen molar-refractivity contribution >= 4 is 11.8 Å². The molecule has 0 saturated heterocycles. The quantitative estimate of drug-likeness (QED) is 0.825. The van der Waals surface area contributed by atoms with Crippen molar-refractivity contribution in [2.75, 3.05) is 20.8 Å². The lowest BCUT2D eigenvalue weighted by atomic mass is 10.1. The van der Waals surface area contributed by atoms with Crippen LogP contribution in [0.2, 0.25) is 0 Å². The van der Waals surface area contributed by atoms with Crippen molar-refractivity contribution in [1.29, 1.82) is 0 Å². The molecular formula is C17H24N2O4. The van der Waals surface area contributed by atoms with Gasteiger partial charge in [0.05, 0.1) is 27.2 Å². The minimum absolute atomic E-state index is 0.0258. The number of amides is 2. The third kappa shape index (κ3) is 4.37. The molecule has 126 valence electrons. The van der Waals surface area contributed by atoms with Crippen molar-refractivity contribution in [3.63, 3.8) is 0 Å². The predicted molar refractivity (Wildman–Crippen MR) is 86.4 cm³/mol. The zero-order chi connectivity index (χ0) is 16.8. The number of ether oxygens (including phenoxy) is 2. The Morgan fingerprint density at radius 2 is 1.91 bits per heavy atom. The summed E-state index contributed by atoms with van der Waals surface area (Å²) in [4.78, 5) is 25.6. The van der Waals surface area contributed by atoms with E-state index in [0.717, 1.165) is 31.2 Å². The maximum absolute atomic E-state index is 12.7. The lowest BCUT2D eigenvalue weighted by molar-refractivity contribution is -0.136. The molecule has 1 aromatic rings. The zero-order valence-corrected chi connectivity index (χ0v) is 13.7. The molecule has 0 radical (unpaired) electrons. The molecule has 6 nitrogen and oxygen atoms in total. The number of primary amides is 1. The minimum Gasteiger partial charge on any atom is -0.497 e. The molecule has 1 aliphatic rings. The molecule has 0 unspecified atom stereocenters. The van der Waals surface area contributed by atoms with E-state index in [-0.39, 0.29) is 24.9 Å². The van der Waals surface area contributed by atoms with Crippen LogP contribution < -0.4 is 15.2 Å². The van der Waals surface area contributed by atoms with Crippen LogP contribution in [0.4, 0.5) is 0 Å². The van der Waals surface area contributed by atoms with Gasteiger partial charge in [0.1, 0.15) is 11.5 Å². The van der Waals surface area contributed by atoms with E-state index in [0.29, 0.717) is 11.5 Å². The van der Waals surface area contributed by atoms with Crippen molar-refractivity contribution in [2.24, 2.45) is 5.73 Å². The van der Waals surface area contributed by atoms with Crippen molar-refractivity contribution in [3.8, 4) is 11.5 Å². The van der Waals surface area contributed by atoms with Crippen LogP contribution in [-0.2, 0) is 16.0 Å². The van der Waals surface area contributed by atoms with E-state index in [1.54, 1.807) is 31.3 Å². The molecule has 0 atom stereocenters. The number of carbonyl (C=O) groups is 2.